The summed E-state index contributed by atoms with van der Waals surface area (Å²) in [5, 5.41) is 9.71. The van der Waals surface area contributed by atoms with E-state index in [1.54, 1.807) is 0 Å². The fourth-order valence-electron chi connectivity index (χ4n) is 6.41. The zero-order valence-corrected chi connectivity index (χ0v) is 23.6. The van der Waals surface area contributed by atoms with Gasteiger partial charge >= 0.3 is 18.1 Å². The molecule has 0 heterocycles. The highest BCUT2D eigenvalue weighted by atomic mass is 19.4. The van der Waals surface area contributed by atoms with Crippen molar-refractivity contribution in [3.05, 3.63) is 59.3 Å². The van der Waals surface area contributed by atoms with Crippen LogP contribution in [0.3, 0.4) is 0 Å². The molecule has 0 aliphatic heterocycles. The van der Waals surface area contributed by atoms with Gasteiger partial charge in [0.25, 0.3) is 0 Å². The Balaban J connectivity index is 1.77. The van der Waals surface area contributed by atoms with Gasteiger partial charge in [-0.2, -0.15) is 13.2 Å². The normalized spacial score (nSPS) is 32.1. The van der Waals surface area contributed by atoms with Crippen LogP contribution in [0.4, 0.5) is 13.2 Å². The van der Waals surface area contributed by atoms with Gasteiger partial charge in [0.2, 0.25) is 0 Å². The molecule has 0 aromatic rings. The fraction of sp³-hybridized carbons (Fsp3) is 0.613. The Labute approximate surface area is 229 Å². The van der Waals surface area contributed by atoms with E-state index in [1.807, 2.05) is 13.0 Å². The Bertz CT molecular complexity index is 1090. The monoisotopic (exact) mass is 550 g/mol. The maximum Gasteiger partial charge on any atom is 0.420 e. The Morgan fingerprint density at radius 3 is 2.51 bits per heavy atom. The smallest absolute Gasteiger partial charge is 0.420 e. The van der Waals surface area contributed by atoms with Crippen molar-refractivity contribution in [2.45, 2.75) is 104 Å². The lowest BCUT2D eigenvalue weighted by molar-refractivity contribution is -0.232. The molecule has 8 heteroatoms. The van der Waals surface area contributed by atoms with Crippen molar-refractivity contribution in [3.63, 3.8) is 0 Å². The van der Waals surface area contributed by atoms with Crippen LogP contribution in [-0.4, -0.2) is 41.0 Å². The zero-order chi connectivity index (χ0) is 29.2. The highest BCUT2D eigenvalue weighted by molar-refractivity contribution is 5.67. The molecule has 6 atom stereocenters. The molecular weight excluding hydrogens is 509 g/mol. The lowest BCUT2D eigenvalue weighted by atomic mass is 9.62. The van der Waals surface area contributed by atoms with Crippen LogP contribution >= 0.6 is 0 Å². The molecule has 216 valence electrons. The highest BCUT2D eigenvalue weighted by Crippen LogP contribution is 2.57. The zero-order valence-electron chi connectivity index (χ0n) is 23.6. The molecule has 1 N–H and O–H groups in total. The van der Waals surface area contributed by atoms with E-state index in [9.17, 15) is 27.9 Å². The van der Waals surface area contributed by atoms with Crippen molar-refractivity contribution in [1.29, 1.82) is 0 Å². The van der Waals surface area contributed by atoms with Crippen LogP contribution in [0.5, 0.6) is 0 Å². The van der Waals surface area contributed by atoms with Crippen molar-refractivity contribution in [1.82, 2.24) is 0 Å². The number of rotatable bonds is 7. The first kappa shape index (κ1) is 30.9. The van der Waals surface area contributed by atoms with Crippen LogP contribution in [0, 0.1) is 17.3 Å². The Morgan fingerprint density at radius 1 is 1.23 bits per heavy atom. The van der Waals surface area contributed by atoms with E-state index in [2.05, 4.69) is 25.7 Å². The maximum absolute atomic E-state index is 13.0. The van der Waals surface area contributed by atoms with Crippen molar-refractivity contribution in [2.75, 3.05) is 0 Å². The summed E-state index contributed by atoms with van der Waals surface area (Å²) in [7, 11) is 0. The van der Waals surface area contributed by atoms with Crippen LogP contribution in [0.1, 0.15) is 79.6 Å². The predicted molar refractivity (Wildman–Crippen MR) is 143 cm³/mol. The van der Waals surface area contributed by atoms with Gasteiger partial charge in [-0.1, -0.05) is 55.9 Å². The van der Waals surface area contributed by atoms with Gasteiger partial charge in [0.05, 0.1) is 0 Å². The summed E-state index contributed by atoms with van der Waals surface area (Å²) in [6.45, 7) is 11.9. The summed E-state index contributed by atoms with van der Waals surface area (Å²) < 4.78 is 49.9. The number of carbonyl (C=O) groups is 2. The first-order valence-electron chi connectivity index (χ1n) is 13.7. The largest absolute Gasteiger partial charge is 0.462 e. The third kappa shape index (κ3) is 7.13. The number of ether oxygens (including phenoxy) is 2. The maximum atomic E-state index is 13.0. The molecule has 2 fully saturated rings. The average molecular weight is 551 g/mol. The molecular formula is C31H41F3O5. The first-order chi connectivity index (χ1) is 18.0. The highest BCUT2D eigenvalue weighted by Gasteiger charge is 2.48. The number of alkyl halides is 3. The molecule has 0 spiro atoms. The van der Waals surface area contributed by atoms with Crippen molar-refractivity contribution in [3.8, 4) is 0 Å². The molecule has 3 aliphatic rings. The molecule has 0 saturated heterocycles. The third-order valence-corrected chi connectivity index (χ3v) is 8.51. The second kappa shape index (κ2) is 11.9. The minimum atomic E-state index is -4.71. The predicted octanol–water partition coefficient (Wildman–Crippen LogP) is 7.08. The van der Waals surface area contributed by atoms with Crippen molar-refractivity contribution < 1.29 is 37.3 Å². The molecule has 3 aliphatic carbocycles. The summed E-state index contributed by atoms with van der Waals surface area (Å²) in [6, 6.07) is 0. The summed E-state index contributed by atoms with van der Waals surface area (Å²) in [4.78, 5) is 23.2. The van der Waals surface area contributed by atoms with Gasteiger partial charge in [-0.15, -0.1) is 0 Å². The molecule has 0 amide bonds. The van der Waals surface area contributed by atoms with Crippen LogP contribution in [0.2, 0.25) is 0 Å². The van der Waals surface area contributed by atoms with Crippen LogP contribution in [0.25, 0.3) is 0 Å². The Kier molecular flexibility index (Phi) is 9.41. The summed E-state index contributed by atoms with van der Waals surface area (Å²) in [5.74, 6) is -0.468. The number of fused-ring (bicyclic) bond motifs is 1. The molecule has 0 unspecified atom stereocenters. The van der Waals surface area contributed by atoms with Gasteiger partial charge in [0, 0.05) is 26.7 Å². The molecule has 5 nitrogen and oxygen atoms in total. The van der Waals surface area contributed by atoms with E-state index in [1.165, 1.54) is 31.1 Å². The van der Waals surface area contributed by atoms with Gasteiger partial charge < -0.3 is 14.6 Å². The summed E-state index contributed by atoms with van der Waals surface area (Å²) in [5.41, 5.74) is 1.23. The molecule has 0 bridgehead atoms. The summed E-state index contributed by atoms with van der Waals surface area (Å²) in [6.07, 6.45) is 8.11. The third-order valence-electron chi connectivity index (χ3n) is 8.51. The number of hydrogen-bond acceptors (Lipinski definition) is 5. The molecule has 0 aromatic carbocycles. The minimum absolute atomic E-state index is 0.0464. The van der Waals surface area contributed by atoms with E-state index < -0.39 is 30.0 Å². The van der Waals surface area contributed by atoms with Gasteiger partial charge in [-0.25, -0.2) is 0 Å². The lowest BCUT2D eigenvalue weighted by Crippen LogP contribution is -2.40. The summed E-state index contributed by atoms with van der Waals surface area (Å²) >= 11 is 0. The SMILES string of the molecule is C=C1/C(=C\C=C2/CCC[C@]3(C)C([C@H](C)C/C=C/[C@@](C)(O)C(F)(F)F)=CC[C@@H]23)C[C@@H](OC(C)=O)C[C@@H]1OC(C)=O. The quantitative estimate of drug-likeness (QED) is 0.271. The van der Waals surface area contributed by atoms with Crippen LogP contribution < -0.4 is 0 Å². The number of allylic oxidation sites excluding steroid dienone is 6. The van der Waals surface area contributed by atoms with Gasteiger partial charge in [-0.05, 0) is 73.5 Å². The number of halogens is 3. The van der Waals surface area contributed by atoms with Gasteiger partial charge in [0.15, 0.2) is 5.60 Å². The topological polar surface area (TPSA) is 72.8 Å². The van der Waals surface area contributed by atoms with E-state index in [0.29, 0.717) is 24.8 Å². The molecule has 3 rings (SSSR count). The molecule has 0 aromatic heterocycles. The first-order valence-corrected chi connectivity index (χ1v) is 13.7. The number of esters is 2. The number of hydrogen-bond donors (Lipinski definition) is 1. The van der Waals surface area contributed by atoms with Gasteiger partial charge in [0.1, 0.15) is 12.2 Å². The molecule has 0 radical (unpaired) electrons. The molecule has 39 heavy (non-hydrogen) atoms. The Morgan fingerprint density at radius 2 is 1.90 bits per heavy atom. The second-order valence-corrected chi connectivity index (χ2v) is 11.6. The fourth-order valence-corrected chi connectivity index (χ4v) is 6.41. The van der Waals surface area contributed by atoms with E-state index in [-0.39, 0.29) is 23.2 Å². The lowest BCUT2D eigenvalue weighted by Gasteiger charge is -2.42. The van der Waals surface area contributed by atoms with Gasteiger partial charge in [-0.3, -0.25) is 9.59 Å². The standard InChI is InChI=1S/C31H41F3O5/c1-19(9-7-16-30(6,37)31(32,33)34)26-13-14-27-23(10-8-15-29(26,27)5)11-12-24-17-25(38-21(3)35)18-28(20(24)2)39-22(4)36/h7,11-13,16,19,25,27-28,37H,2,8-10,14-15,17-18H2,1,3-6H3/b16-7+,23-11+,24-12-/t19-,25-,27+,28+,29-,30-/m1/s1. The minimum Gasteiger partial charge on any atom is -0.462 e. The number of aliphatic hydroxyl groups is 1. The van der Waals surface area contributed by atoms with E-state index in [0.717, 1.165) is 44.3 Å². The van der Waals surface area contributed by atoms with E-state index in [4.69, 9.17) is 9.47 Å². The average Bonchev–Trinajstić information content (AvgIpc) is 3.16. The van der Waals surface area contributed by atoms with Crippen molar-refractivity contribution in [2.24, 2.45) is 17.3 Å². The van der Waals surface area contributed by atoms with Crippen molar-refractivity contribution >= 4 is 11.9 Å². The molecule has 2 saturated carbocycles. The van der Waals surface area contributed by atoms with Crippen LogP contribution in [0.15, 0.2) is 59.3 Å². The van der Waals surface area contributed by atoms with E-state index >= 15 is 0 Å². The number of carbonyl (C=O) groups excluding carboxylic acids is 2. The van der Waals surface area contributed by atoms with Crippen LogP contribution in [-0.2, 0) is 19.1 Å². The second-order valence-electron chi connectivity index (χ2n) is 11.6. The Hall–Kier alpha value is -2.61.